The average Bonchev–Trinajstić information content (AvgIpc) is 3.99. The number of hydrogen-bond donors (Lipinski definition) is 2. The minimum absolute atomic E-state index is 0.0114. The Kier molecular flexibility index (Phi) is 12.5. The van der Waals surface area contributed by atoms with Crippen molar-refractivity contribution < 1.29 is 24.0 Å². The van der Waals surface area contributed by atoms with Gasteiger partial charge in [0.05, 0.1) is 17.4 Å². The van der Waals surface area contributed by atoms with Crippen molar-refractivity contribution in [3.8, 4) is 0 Å². The molecule has 0 radical (unpaired) electrons. The summed E-state index contributed by atoms with van der Waals surface area (Å²) in [6.45, 7) is 13.9. The van der Waals surface area contributed by atoms with E-state index < -0.39 is 11.9 Å². The Morgan fingerprint density at radius 2 is 1.46 bits per heavy atom. The summed E-state index contributed by atoms with van der Waals surface area (Å²) in [5, 5.41) is 6.31. The summed E-state index contributed by atoms with van der Waals surface area (Å²) >= 11 is 0. The van der Waals surface area contributed by atoms with Gasteiger partial charge >= 0.3 is 0 Å². The molecule has 0 spiro atoms. The van der Waals surface area contributed by atoms with Crippen LogP contribution in [0.3, 0.4) is 0 Å². The molecule has 67 heavy (non-hydrogen) atoms. The van der Waals surface area contributed by atoms with Crippen LogP contribution in [0.25, 0.3) is 11.0 Å². The van der Waals surface area contributed by atoms with Gasteiger partial charge in [-0.25, -0.2) is 9.97 Å². The number of carbonyl (C=O) groups excluding carboxylic acids is 5. The summed E-state index contributed by atoms with van der Waals surface area (Å²) in [7, 11) is 0. The third-order valence-electron chi connectivity index (χ3n) is 15.1. The van der Waals surface area contributed by atoms with Crippen molar-refractivity contribution in [2.24, 2.45) is 5.92 Å². The van der Waals surface area contributed by atoms with E-state index in [1.165, 1.54) is 6.92 Å². The third kappa shape index (κ3) is 9.00. The molecule has 1 atom stereocenters. The number of benzene rings is 1. The molecule has 1 aliphatic carbocycles. The lowest BCUT2D eigenvalue weighted by atomic mass is 9.95. The molecule has 4 saturated heterocycles. The van der Waals surface area contributed by atoms with Gasteiger partial charge in [-0.1, -0.05) is 12.8 Å². The van der Waals surface area contributed by atoms with E-state index in [1.54, 1.807) is 22.6 Å². The zero-order chi connectivity index (χ0) is 46.3. The van der Waals surface area contributed by atoms with E-state index in [9.17, 15) is 28.8 Å². The van der Waals surface area contributed by atoms with Crippen molar-refractivity contribution in [3.05, 3.63) is 75.3 Å². The summed E-state index contributed by atoms with van der Waals surface area (Å²) in [6, 6.07) is 9.22. The van der Waals surface area contributed by atoms with Gasteiger partial charge in [-0.05, 0) is 100 Å². The van der Waals surface area contributed by atoms with Crippen LogP contribution in [0.15, 0.2) is 47.5 Å². The van der Waals surface area contributed by atoms with Gasteiger partial charge in [-0.2, -0.15) is 4.98 Å². The number of fused-ring (bicyclic) bond motifs is 2. The van der Waals surface area contributed by atoms with Gasteiger partial charge in [0.15, 0.2) is 5.78 Å². The molecule has 10 rings (SSSR count). The van der Waals surface area contributed by atoms with Gasteiger partial charge in [-0.15, -0.1) is 0 Å². The number of amides is 4. The van der Waals surface area contributed by atoms with Gasteiger partial charge in [0.1, 0.15) is 17.5 Å². The minimum atomic E-state index is -0.631. The average molecular weight is 913 g/mol. The second kappa shape index (κ2) is 18.8. The number of hydrogen-bond acceptors (Lipinski definition) is 14. The molecule has 2 N–H and O–H groups in total. The van der Waals surface area contributed by atoms with Gasteiger partial charge in [0.2, 0.25) is 23.7 Å². The Bertz CT molecular complexity index is 2640. The molecule has 0 unspecified atom stereocenters. The summed E-state index contributed by atoms with van der Waals surface area (Å²) < 4.78 is 1.72. The number of nitrogens with one attached hydrogen (secondary N) is 2. The Labute approximate surface area is 389 Å². The Balaban J connectivity index is 0.651. The number of pyridine rings is 2. The van der Waals surface area contributed by atoms with E-state index in [0.717, 1.165) is 121 Å². The van der Waals surface area contributed by atoms with E-state index >= 15 is 0 Å². The lowest BCUT2D eigenvalue weighted by Gasteiger charge is -2.40. The zero-order valence-corrected chi connectivity index (χ0v) is 38.5. The first kappa shape index (κ1) is 44.6. The standard InChI is InChI=1S/C49H60N12O6/c1-31-39-29-51-49(54-44(39)61(35-5-3-4-6-35)48(67)43(31)32(2)62)52-41-11-8-37(28-50-41)58-21-19-56(20-22-58)18-17-55-15-13-33(14-16-55)46(65)59-25-23-57(24-26-59)36-7-9-38-34(27-36)30-60(47(38)66)40-10-12-42(63)53-45(40)64/h7-9,11,27-29,33,35,40H,3-6,10,12-26,30H2,1-2H3,(H,53,63,64)(H,50,51,52,54)/t40-/m0/s1. The van der Waals surface area contributed by atoms with Crippen LogP contribution in [0.4, 0.5) is 23.1 Å². The van der Waals surface area contributed by atoms with Crippen LogP contribution in [-0.4, -0.2) is 153 Å². The van der Waals surface area contributed by atoms with Crippen LogP contribution in [0.1, 0.15) is 96.2 Å². The zero-order valence-electron chi connectivity index (χ0n) is 38.5. The maximum atomic E-state index is 13.7. The number of aromatic nitrogens is 4. The number of piperazine rings is 2. The predicted molar refractivity (Wildman–Crippen MR) is 253 cm³/mol. The van der Waals surface area contributed by atoms with Crippen LogP contribution in [0.2, 0.25) is 0 Å². The fraction of sp³-hybridized carbons (Fsp3) is 0.531. The Morgan fingerprint density at radius 1 is 0.776 bits per heavy atom. The predicted octanol–water partition coefficient (Wildman–Crippen LogP) is 3.50. The van der Waals surface area contributed by atoms with Crippen molar-refractivity contribution >= 4 is 63.6 Å². The van der Waals surface area contributed by atoms with E-state index in [-0.39, 0.29) is 53.0 Å². The first-order valence-corrected chi connectivity index (χ1v) is 24.2. The summed E-state index contributed by atoms with van der Waals surface area (Å²) in [5.74, 6) is 0.168. The third-order valence-corrected chi connectivity index (χ3v) is 15.1. The topological polar surface area (TPSA) is 190 Å². The second-order valence-electron chi connectivity index (χ2n) is 19.1. The lowest BCUT2D eigenvalue weighted by molar-refractivity contribution is -0.138. The fourth-order valence-electron chi connectivity index (χ4n) is 11.2. The number of piperidine rings is 2. The SMILES string of the molecule is CC(=O)c1c(C)c2cnc(Nc3ccc(N4CCN(CCN5CCC(C(=O)N6CCN(c7ccc8c(c7)CN([C@H]7CCC(=O)NC7=O)C8=O)CC6)CC5)CC4)cn3)nc2n(C2CCCC2)c1=O. The van der Waals surface area contributed by atoms with Gasteiger partial charge in [0.25, 0.3) is 11.5 Å². The van der Waals surface area contributed by atoms with E-state index in [0.29, 0.717) is 60.0 Å². The van der Waals surface area contributed by atoms with Crippen molar-refractivity contribution in [3.63, 3.8) is 0 Å². The van der Waals surface area contributed by atoms with Crippen LogP contribution in [-0.2, 0) is 20.9 Å². The number of ketones is 1. The molecule has 18 heteroatoms. The van der Waals surface area contributed by atoms with Crippen LogP contribution < -0.4 is 26.0 Å². The molecule has 4 aromatic rings. The lowest BCUT2D eigenvalue weighted by Crippen LogP contribution is -2.52. The number of rotatable bonds is 11. The highest BCUT2D eigenvalue weighted by Crippen LogP contribution is 2.34. The molecule has 352 valence electrons. The van der Waals surface area contributed by atoms with Crippen molar-refractivity contribution in [1.82, 2.24) is 44.4 Å². The quantitative estimate of drug-likeness (QED) is 0.164. The molecule has 18 nitrogen and oxygen atoms in total. The molecule has 0 bridgehead atoms. The Hall–Kier alpha value is -6.27. The fourth-order valence-corrected chi connectivity index (χ4v) is 11.2. The molecular weight excluding hydrogens is 853 g/mol. The Morgan fingerprint density at radius 3 is 2.15 bits per heavy atom. The van der Waals surface area contributed by atoms with E-state index in [4.69, 9.17) is 4.98 Å². The number of imide groups is 1. The maximum Gasteiger partial charge on any atom is 0.263 e. The molecule has 8 heterocycles. The smallest absolute Gasteiger partial charge is 0.263 e. The highest BCUT2D eigenvalue weighted by Gasteiger charge is 2.40. The summed E-state index contributed by atoms with van der Waals surface area (Å²) in [4.78, 5) is 104. The summed E-state index contributed by atoms with van der Waals surface area (Å²) in [6.07, 6.45) is 9.76. The first-order valence-electron chi connectivity index (χ1n) is 24.2. The minimum Gasteiger partial charge on any atom is -0.368 e. The largest absolute Gasteiger partial charge is 0.368 e. The number of anilines is 4. The van der Waals surface area contributed by atoms with E-state index in [1.807, 2.05) is 35.4 Å². The van der Waals surface area contributed by atoms with Gasteiger partial charge < -0.3 is 29.8 Å². The molecule has 6 aliphatic rings. The van der Waals surface area contributed by atoms with Gasteiger partial charge in [0, 0.05) is 113 Å². The molecule has 5 fully saturated rings. The van der Waals surface area contributed by atoms with Crippen molar-refractivity contribution in [2.75, 3.05) is 93.7 Å². The molecular formula is C49H60N12O6. The normalized spacial score (nSPS) is 21.3. The highest BCUT2D eigenvalue weighted by atomic mass is 16.2. The van der Waals surface area contributed by atoms with Crippen LogP contribution in [0.5, 0.6) is 0 Å². The number of carbonyl (C=O) groups is 5. The first-order chi connectivity index (χ1) is 32.5. The number of nitrogens with zero attached hydrogens (tertiary/aromatic N) is 10. The van der Waals surface area contributed by atoms with Crippen LogP contribution in [0, 0.1) is 12.8 Å². The number of likely N-dealkylation sites (tertiary alicyclic amines) is 1. The number of aryl methyl sites for hydroxylation is 1. The van der Waals surface area contributed by atoms with Gasteiger partial charge in [-0.3, -0.25) is 43.6 Å². The van der Waals surface area contributed by atoms with Crippen molar-refractivity contribution in [1.29, 1.82) is 0 Å². The molecule has 1 saturated carbocycles. The number of Topliss-reactive ketones (excluding diaryl/α,β-unsaturated/α-hetero) is 1. The second-order valence-corrected chi connectivity index (χ2v) is 19.1. The molecule has 5 aliphatic heterocycles. The molecule has 1 aromatic carbocycles. The molecule has 4 amide bonds. The monoisotopic (exact) mass is 912 g/mol. The van der Waals surface area contributed by atoms with E-state index in [2.05, 4.69) is 46.3 Å². The maximum absolute atomic E-state index is 13.7. The van der Waals surface area contributed by atoms with Crippen molar-refractivity contribution in [2.45, 2.75) is 83.8 Å². The van der Waals surface area contributed by atoms with Crippen LogP contribution >= 0.6 is 0 Å². The summed E-state index contributed by atoms with van der Waals surface area (Å²) in [5.41, 5.74) is 4.69. The molecule has 3 aromatic heterocycles. The highest BCUT2D eigenvalue weighted by molar-refractivity contribution is 6.05.